The van der Waals surface area contributed by atoms with Crippen molar-refractivity contribution in [3.05, 3.63) is 66.0 Å². The number of benzene rings is 2. The van der Waals surface area contributed by atoms with Crippen molar-refractivity contribution < 1.29 is 0 Å². The van der Waals surface area contributed by atoms with E-state index >= 15 is 0 Å². The molecule has 4 bridgehead atoms. The summed E-state index contributed by atoms with van der Waals surface area (Å²) in [5, 5.41) is 0. The first-order valence-corrected chi connectivity index (χ1v) is 11.7. The topological polar surface area (TPSA) is 30.2 Å². The van der Waals surface area contributed by atoms with Gasteiger partial charge >= 0.3 is 0 Å². The van der Waals surface area contributed by atoms with Crippen LogP contribution in [0.25, 0.3) is 11.0 Å². The molecule has 3 nitrogen and oxygen atoms in total. The molecule has 1 heterocycles. The Balaban J connectivity index is 1.32. The molecule has 0 amide bonds. The Morgan fingerprint density at radius 3 is 2.30 bits per heavy atom. The lowest BCUT2D eigenvalue weighted by Gasteiger charge is -2.58. The quantitative estimate of drug-likeness (QED) is 0.478. The number of imidazole rings is 1. The molecule has 154 valence electrons. The summed E-state index contributed by atoms with van der Waals surface area (Å²) in [4.78, 5) is 10.1. The smallest absolute Gasteiger partial charge is 0.152 e. The van der Waals surface area contributed by atoms with Crippen LogP contribution in [0, 0.1) is 23.2 Å². The van der Waals surface area contributed by atoms with Gasteiger partial charge in [-0.25, -0.2) is 4.98 Å². The van der Waals surface area contributed by atoms with Crippen LogP contribution in [-0.4, -0.2) is 21.8 Å². The second-order valence-electron chi connectivity index (χ2n) is 10.3. The highest BCUT2D eigenvalue weighted by atomic mass is 15.1. The second-order valence-corrected chi connectivity index (χ2v) is 10.3. The summed E-state index contributed by atoms with van der Waals surface area (Å²) in [6.07, 6.45) is 10.7. The minimum Gasteiger partial charge on any atom is -0.319 e. The molecule has 7 rings (SSSR count). The maximum Gasteiger partial charge on any atom is 0.152 e. The van der Waals surface area contributed by atoms with Crippen molar-refractivity contribution in [1.82, 2.24) is 9.55 Å². The third kappa shape index (κ3) is 3.10. The Morgan fingerprint density at radius 2 is 1.60 bits per heavy atom. The molecule has 3 heteroatoms. The van der Waals surface area contributed by atoms with Crippen molar-refractivity contribution in [2.75, 3.05) is 0 Å². The lowest BCUT2D eigenvalue weighted by atomic mass is 9.48. The van der Waals surface area contributed by atoms with E-state index in [4.69, 9.17) is 9.98 Å². The minimum absolute atomic E-state index is 0.385. The second kappa shape index (κ2) is 7.08. The fraction of sp³-hybridized carbons (Fsp3) is 0.481. The molecule has 3 aromatic rings. The van der Waals surface area contributed by atoms with Crippen molar-refractivity contribution in [2.24, 2.45) is 28.2 Å². The van der Waals surface area contributed by atoms with Crippen molar-refractivity contribution in [3.8, 4) is 0 Å². The van der Waals surface area contributed by atoms with Gasteiger partial charge in [-0.15, -0.1) is 0 Å². The van der Waals surface area contributed by atoms with Crippen LogP contribution in [0.3, 0.4) is 0 Å². The lowest BCUT2D eigenvalue weighted by molar-refractivity contribution is -0.0632. The molecule has 1 atom stereocenters. The molecular formula is C27H31N3. The van der Waals surface area contributed by atoms with E-state index in [1.54, 1.807) is 0 Å². The highest BCUT2D eigenvalue weighted by molar-refractivity contribution is 5.85. The normalized spacial score (nSPS) is 31.0. The number of aliphatic imine (C=N–C) groups is 1. The first-order valence-electron chi connectivity index (χ1n) is 11.7. The number of fused-ring (bicyclic) bond motifs is 1. The van der Waals surface area contributed by atoms with Crippen molar-refractivity contribution in [3.63, 3.8) is 0 Å². The average molecular weight is 398 g/mol. The standard InChI is InChI=1S/C27H31N3/c1-19(27-14-21-11-22(15-27)13-23(12-21)16-27)28-17-26-29-24-9-5-6-10-25(24)30(26)18-20-7-3-2-4-8-20/h2-10,17,19,21-23H,11-16,18H2,1H3. The van der Waals surface area contributed by atoms with E-state index in [0.29, 0.717) is 11.5 Å². The summed E-state index contributed by atoms with van der Waals surface area (Å²) in [5.41, 5.74) is 3.98. The SMILES string of the molecule is CC(N=Cc1nc2ccccc2n1Cc1ccccc1)C12CC3CC(CC(C3)C1)C2. The molecular weight excluding hydrogens is 366 g/mol. The van der Waals surface area contributed by atoms with Crippen molar-refractivity contribution >= 4 is 17.2 Å². The Labute approximate surface area is 179 Å². The summed E-state index contributed by atoms with van der Waals surface area (Å²) in [5.74, 6) is 3.89. The van der Waals surface area contributed by atoms with Crippen molar-refractivity contribution in [2.45, 2.75) is 58.0 Å². The van der Waals surface area contributed by atoms with Gasteiger partial charge in [-0.2, -0.15) is 0 Å². The molecule has 1 unspecified atom stereocenters. The van der Waals surface area contributed by atoms with Crippen LogP contribution < -0.4 is 0 Å². The Bertz CT molecular complexity index is 1040. The number of hydrogen-bond donors (Lipinski definition) is 0. The summed E-state index contributed by atoms with van der Waals surface area (Å²) in [6, 6.07) is 19.5. The molecule has 0 saturated heterocycles. The molecule has 4 aliphatic rings. The first kappa shape index (κ1) is 18.4. The van der Waals surface area contributed by atoms with E-state index in [2.05, 4.69) is 72.3 Å². The van der Waals surface area contributed by atoms with Crippen LogP contribution in [0.1, 0.15) is 56.8 Å². The molecule has 2 aromatic carbocycles. The third-order valence-electron chi connectivity index (χ3n) is 8.25. The van der Waals surface area contributed by atoms with Crippen LogP contribution in [-0.2, 0) is 6.54 Å². The van der Waals surface area contributed by atoms with Gasteiger partial charge in [-0.3, -0.25) is 4.99 Å². The van der Waals surface area contributed by atoms with E-state index in [0.717, 1.165) is 35.6 Å². The van der Waals surface area contributed by atoms with E-state index in [1.807, 2.05) is 0 Å². The number of rotatable bonds is 5. The van der Waals surface area contributed by atoms with Gasteiger partial charge in [0.15, 0.2) is 5.82 Å². The van der Waals surface area contributed by atoms with Crippen molar-refractivity contribution in [1.29, 1.82) is 0 Å². The predicted octanol–water partition coefficient (Wildman–Crippen LogP) is 6.11. The summed E-state index contributed by atoms with van der Waals surface area (Å²) in [7, 11) is 0. The Morgan fingerprint density at radius 1 is 0.967 bits per heavy atom. The largest absolute Gasteiger partial charge is 0.319 e. The van der Waals surface area contributed by atoms with Crippen LogP contribution in [0.2, 0.25) is 0 Å². The van der Waals surface area contributed by atoms with Crippen LogP contribution in [0.15, 0.2) is 59.6 Å². The molecule has 0 radical (unpaired) electrons. The zero-order valence-corrected chi connectivity index (χ0v) is 17.9. The van der Waals surface area contributed by atoms with Gasteiger partial charge < -0.3 is 4.57 Å². The highest BCUT2D eigenvalue weighted by Gasteiger charge is 2.53. The fourth-order valence-electron chi connectivity index (χ4n) is 7.15. The van der Waals surface area contributed by atoms with Gasteiger partial charge in [0.2, 0.25) is 0 Å². The third-order valence-corrected chi connectivity index (χ3v) is 8.25. The molecule has 0 N–H and O–H groups in total. The van der Waals surface area contributed by atoms with Gasteiger partial charge in [-0.1, -0.05) is 42.5 Å². The van der Waals surface area contributed by atoms with E-state index in [1.165, 1.54) is 49.6 Å². The Kier molecular flexibility index (Phi) is 4.33. The summed E-state index contributed by atoms with van der Waals surface area (Å²) >= 11 is 0. The predicted molar refractivity (Wildman–Crippen MR) is 123 cm³/mol. The maximum absolute atomic E-state index is 5.17. The highest BCUT2D eigenvalue weighted by Crippen LogP contribution is 2.61. The summed E-state index contributed by atoms with van der Waals surface area (Å²) < 4.78 is 2.32. The van der Waals surface area contributed by atoms with Crippen LogP contribution in [0.5, 0.6) is 0 Å². The molecule has 30 heavy (non-hydrogen) atoms. The molecule has 4 saturated carbocycles. The molecule has 0 aliphatic heterocycles. The van der Waals surface area contributed by atoms with Gasteiger partial charge in [0.25, 0.3) is 0 Å². The summed E-state index contributed by atoms with van der Waals surface area (Å²) in [6.45, 7) is 3.20. The van der Waals surface area contributed by atoms with Gasteiger partial charge in [0, 0.05) is 6.54 Å². The van der Waals surface area contributed by atoms with Gasteiger partial charge in [-0.05, 0) is 86.3 Å². The first-order chi connectivity index (χ1) is 14.7. The molecule has 4 aliphatic carbocycles. The number of hydrogen-bond acceptors (Lipinski definition) is 2. The minimum atomic E-state index is 0.385. The van der Waals surface area contributed by atoms with Gasteiger partial charge in [0.1, 0.15) is 0 Å². The van der Waals surface area contributed by atoms with Crippen LogP contribution in [0.4, 0.5) is 0 Å². The monoisotopic (exact) mass is 397 g/mol. The fourth-order valence-corrected chi connectivity index (χ4v) is 7.15. The Hall–Kier alpha value is -2.42. The maximum atomic E-state index is 5.17. The van der Waals surface area contributed by atoms with E-state index in [-0.39, 0.29) is 0 Å². The number of para-hydroxylation sites is 2. The molecule has 0 spiro atoms. The van der Waals surface area contributed by atoms with E-state index < -0.39 is 0 Å². The molecule has 1 aromatic heterocycles. The number of nitrogens with zero attached hydrogens (tertiary/aromatic N) is 3. The van der Waals surface area contributed by atoms with Crippen LogP contribution >= 0.6 is 0 Å². The lowest BCUT2D eigenvalue weighted by Crippen LogP contribution is -2.50. The number of aromatic nitrogens is 2. The zero-order valence-electron chi connectivity index (χ0n) is 17.9. The van der Waals surface area contributed by atoms with Gasteiger partial charge in [0.05, 0.1) is 23.3 Å². The zero-order chi connectivity index (χ0) is 20.1. The molecule has 4 fully saturated rings. The average Bonchev–Trinajstić information content (AvgIpc) is 3.09. The van der Waals surface area contributed by atoms with E-state index in [9.17, 15) is 0 Å².